The Labute approximate surface area is 176 Å². The molecule has 2 N–H and O–H groups in total. The maximum absolute atomic E-state index is 14.3. The van der Waals surface area contributed by atoms with E-state index in [1.807, 2.05) is 13.8 Å². The van der Waals surface area contributed by atoms with Crippen molar-refractivity contribution in [2.45, 2.75) is 82.7 Å². The number of ether oxygens (including phenoxy) is 3. The molecule has 8 fully saturated rings. The van der Waals surface area contributed by atoms with Crippen molar-refractivity contribution >= 4 is 11.6 Å². The van der Waals surface area contributed by atoms with Gasteiger partial charge in [0.05, 0.1) is 23.7 Å². The Morgan fingerprint density at radius 3 is 2.57 bits per heavy atom. The molecule has 4 unspecified atom stereocenters. The molecular weight excluding hydrogens is 386 g/mol. The minimum Gasteiger partial charge on any atom is -0.387 e. The van der Waals surface area contributed by atoms with E-state index >= 15 is 0 Å². The van der Waals surface area contributed by atoms with Crippen LogP contribution in [0, 0.1) is 34.0 Å². The zero-order valence-corrected chi connectivity index (χ0v) is 18.1. The van der Waals surface area contributed by atoms with Crippen LogP contribution in [0.5, 0.6) is 0 Å². The van der Waals surface area contributed by atoms with Gasteiger partial charge in [0.25, 0.3) is 0 Å². The highest BCUT2D eigenvalue weighted by Gasteiger charge is 2.93. The molecule has 4 saturated heterocycles. The monoisotopic (exact) mass is 417 g/mol. The first-order chi connectivity index (χ1) is 14.0. The van der Waals surface area contributed by atoms with Crippen molar-refractivity contribution in [1.29, 1.82) is 0 Å². The Hall–Kier alpha value is -0.860. The van der Waals surface area contributed by atoms with Crippen LogP contribution in [0.25, 0.3) is 0 Å². The molecule has 0 radical (unpaired) electrons. The number of rotatable bonds is 0. The van der Waals surface area contributed by atoms with Crippen LogP contribution in [0.1, 0.15) is 53.4 Å². The summed E-state index contributed by atoms with van der Waals surface area (Å²) >= 11 is 0. The molecule has 0 aromatic carbocycles. The number of nitrogens with one attached hydrogen (secondary N) is 1. The maximum atomic E-state index is 14.3. The number of carbonyl (C=O) groups is 2. The number of carbonyl (C=O) groups excluding carboxylic acids is 2. The Morgan fingerprint density at radius 1 is 1.13 bits per heavy atom. The van der Waals surface area contributed by atoms with Crippen molar-refractivity contribution in [2.24, 2.45) is 34.0 Å². The normalized spacial score (nSPS) is 61.0. The van der Waals surface area contributed by atoms with Crippen LogP contribution in [0.15, 0.2) is 0 Å². The summed E-state index contributed by atoms with van der Waals surface area (Å²) in [7, 11) is 0. The van der Waals surface area contributed by atoms with Crippen LogP contribution < -0.4 is 5.32 Å². The molecule has 4 aliphatic carbocycles. The van der Waals surface area contributed by atoms with Crippen molar-refractivity contribution in [3.05, 3.63) is 0 Å². The zero-order valence-electron chi connectivity index (χ0n) is 18.1. The fourth-order valence-electron chi connectivity index (χ4n) is 9.38. The molecule has 7 nitrogen and oxygen atoms in total. The Bertz CT molecular complexity index is 909. The Balaban J connectivity index is 1.56. The van der Waals surface area contributed by atoms with Gasteiger partial charge in [-0.25, -0.2) is 0 Å². The highest BCUT2D eigenvalue weighted by atomic mass is 16.8. The molecule has 0 aromatic rings. The average molecular weight is 418 g/mol. The summed E-state index contributed by atoms with van der Waals surface area (Å²) in [5, 5.41) is 15.4. The Kier molecular flexibility index (Phi) is 2.95. The van der Waals surface area contributed by atoms with Gasteiger partial charge in [-0.05, 0) is 44.4 Å². The van der Waals surface area contributed by atoms with Crippen LogP contribution in [0.3, 0.4) is 0 Å². The molecule has 164 valence electrons. The first kappa shape index (κ1) is 18.7. The smallest absolute Gasteiger partial charge is 0.213 e. The zero-order chi connectivity index (χ0) is 21.1. The lowest BCUT2D eigenvalue weighted by Crippen LogP contribution is -2.88. The summed E-state index contributed by atoms with van der Waals surface area (Å²) in [5.74, 6) is -2.73. The molecule has 4 spiro atoms. The lowest BCUT2D eigenvalue weighted by atomic mass is 9.35. The number of hydrogen-bond acceptors (Lipinski definition) is 7. The van der Waals surface area contributed by atoms with Crippen LogP contribution >= 0.6 is 0 Å². The second-order valence-electron chi connectivity index (χ2n) is 12.1. The number of ketones is 2. The number of Topliss-reactive ketones (excluding diaryl/α,β-unsaturated/α-hetero) is 2. The van der Waals surface area contributed by atoms with Crippen molar-refractivity contribution in [3.8, 4) is 0 Å². The third-order valence-corrected chi connectivity index (χ3v) is 10.3. The molecular formula is C23H31NO6. The van der Waals surface area contributed by atoms with Gasteiger partial charge in [-0.1, -0.05) is 13.8 Å². The molecule has 30 heavy (non-hydrogen) atoms. The van der Waals surface area contributed by atoms with E-state index in [-0.39, 0.29) is 41.3 Å². The molecule has 7 heteroatoms. The van der Waals surface area contributed by atoms with Crippen LogP contribution in [0.2, 0.25) is 0 Å². The molecule has 4 saturated carbocycles. The van der Waals surface area contributed by atoms with E-state index in [2.05, 4.69) is 19.2 Å². The minimum absolute atomic E-state index is 0.0259. The standard InChI is InChI=1S/C23H31NO6/c1-18(2)8-7-13(25)20-10-28-23(15(26)14(18)20)22-12(20)6-5-11(21(9-24-21)17(22)27)16(22)29-19(3,4)30-23/h11-12,14-16,24,26H,5-10H2,1-4H3/t11-,12?,14?,15+,16?,20-,21?,22-,23+/m1/s1. The van der Waals surface area contributed by atoms with Crippen molar-refractivity contribution < 1.29 is 28.9 Å². The maximum Gasteiger partial charge on any atom is 0.213 e. The SMILES string of the molecule is CC1(C)OC2[C@H]3CCC4[C@@]56CO[C@](O1)([C@@H](O)C5C(C)(C)CCC6=O)[C@@]24C(=O)C31CN1. The highest BCUT2D eigenvalue weighted by molar-refractivity contribution is 6.03. The molecule has 0 aromatic heterocycles. The largest absolute Gasteiger partial charge is 0.387 e. The van der Waals surface area contributed by atoms with Gasteiger partial charge in [0.2, 0.25) is 5.79 Å². The quantitative estimate of drug-likeness (QED) is 0.570. The van der Waals surface area contributed by atoms with E-state index in [1.54, 1.807) is 0 Å². The molecule has 9 atom stereocenters. The summed E-state index contributed by atoms with van der Waals surface area (Å²) in [6.45, 7) is 8.84. The predicted octanol–water partition coefficient (Wildman–Crippen LogP) is 1.17. The lowest BCUT2D eigenvalue weighted by molar-refractivity contribution is -0.523. The number of aliphatic hydroxyl groups is 1. The van der Waals surface area contributed by atoms with Gasteiger partial charge >= 0.3 is 0 Å². The topological polar surface area (TPSA) is 104 Å². The Morgan fingerprint density at radius 2 is 1.87 bits per heavy atom. The molecule has 0 amide bonds. The first-order valence-corrected chi connectivity index (χ1v) is 11.5. The summed E-state index contributed by atoms with van der Waals surface area (Å²) in [5.41, 5.74) is -2.85. The first-order valence-electron chi connectivity index (χ1n) is 11.5. The number of aliphatic hydroxyl groups excluding tert-OH is 1. The third-order valence-electron chi connectivity index (χ3n) is 10.3. The summed E-state index contributed by atoms with van der Waals surface area (Å²) in [6, 6.07) is 0. The summed E-state index contributed by atoms with van der Waals surface area (Å²) in [4.78, 5) is 28.0. The van der Waals surface area contributed by atoms with Crippen molar-refractivity contribution in [3.63, 3.8) is 0 Å². The van der Waals surface area contributed by atoms with E-state index in [1.165, 1.54) is 0 Å². The van der Waals surface area contributed by atoms with E-state index in [9.17, 15) is 14.7 Å². The minimum atomic E-state index is -1.46. The van der Waals surface area contributed by atoms with Crippen molar-refractivity contribution in [1.82, 2.24) is 5.32 Å². The average Bonchev–Trinajstić information content (AvgIpc) is 3.45. The molecule has 4 heterocycles. The van der Waals surface area contributed by atoms with E-state index in [4.69, 9.17) is 14.2 Å². The number of hydrogen-bond donors (Lipinski definition) is 2. The summed E-state index contributed by atoms with van der Waals surface area (Å²) < 4.78 is 19.5. The lowest BCUT2D eigenvalue weighted by Gasteiger charge is -2.76. The van der Waals surface area contributed by atoms with Gasteiger partial charge in [-0.2, -0.15) is 0 Å². The van der Waals surface area contributed by atoms with E-state index in [0.29, 0.717) is 13.0 Å². The van der Waals surface area contributed by atoms with Crippen LogP contribution in [-0.4, -0.2) is 59.1 Å². The molecule has 4 bridgehead atoms. The molecule has 4 aliphatic heterocycles. The number of fused-ring (bicyclic) bond motifs is 2. The fourth-order valence-corrected chi connectivity index (χ4v) is 9.38. The van der Waals surface area contributed by atoms with E-state index in [0.717, 1.165) is 19.3 Å². The van der Waals surface area contributed by atoms with Crippen molar-refractivity contribution in [2.75, 3.05) is 13.2 Å². The molecule has 8 rings (SSSR count). The molecule has 8 aliphatic rings. The van der Waals surface area contributed by atoms with Gasteiger partial charge in [0.15, 0.2) is 11.6 Å². The van der Waals surface area contributed by atoms with E-state index < -0.39 is 40.2 Å². The second kappa shape index (κ2) is 4.74. The van der Waals surface area contributed by atoms with Crippen LogP contribution in [0.4, 0.5) is 0 Å². The fraction of sp³-hybridized carbons (Fsp3) is 0.913. The van der Waals surface area contributed by atoms with Gasteiger partial charge in [0, 0.05) is 24.8 Å². The summed E-state index contributed by atoms with van der Waals surface area (Å²) in [6.07, 6.45) is 1.37. The third kappa shape index (κ3) is 1.53. The van der Waals surface area contributed by atoms with Gasteiger partial charge < -0.3 is 24.6 Å². The highest BCUT2D eigenvalue weighted by Crippen LogP contribution is 2.79. The van der Waals surface area contributed by atoms with Gasteiger partial charge in [0.1, 0.15) is 17.3 Å². The second-order valence-corrected chi connectivity index (χ2v) is 12.1. The van der Waals surface area contributed by atoms with Gasteiger partial charge in [-0.15, -0.1) is 0 Å². The van der Waals surface area contributed by atoms with Gasteiger partial charge in [-0.3, -0.25) is 9.59 Å². The predicted molar refractivity (Wildman–Crippen MR) is 103 cm³/mol. The van der Waals surface area contributed by atoms with Crippen LogP contribution in [-0.2, 0) is 23.8 Å².